The quantitative estimate of drug-likeness (QED) is 0.856. The minimum absolute atomic E-state index is 0.0514. The third-order valence-corrected chi connectivity index (χ3v) is 6.13. The van der Waals surface area contributed by atoms with Crippen molar-refractivity contribution in [3.63, 3.8) is 0 Å². The van der Waals surface area contributed by atoms with Crippen molar-refractivity contribution in [3.8, 4) is 0 Å². The number of nitrogens with two attached hydrogens (primary N) is 1. The fourth-order valence-electron chi connectivity index (χ4n) is 3.38. The molecule has 3 rings (SSSR count). The zero-order valence-corrected chi connectivity index (χ0v) is 11.7. The van der Waals surface area contributed by atoms with Crippen LogP contribution in [0, 0.1) is 11.8 Å². The number of fused-ring (bicyclic) bond motifs is 2. The van der Waals surface area contributed by atoms with E-state index in [0.29, 0.717) is 0 Å². The Kier molecular flexibility index (Phi) is 3.37. The average Bonchev–Trinajstić information content (AvgIpc) is 2.33. The summed E-state index contributed by atoms with van der Waals surface area (Å²) in [5.74, 6) is 0.716. The zero-order valence-electron chi connectivity index (χ0n) is 10.9. The molecule has 2 heterocycles. The van der Waals surface area contributed by atoms with Gasteiger partial charge in [-0.3, -0.25) is 4.90 Å². The van der Waals surface area contributed by atoms with Crippen molar-refractivity contribution in [2.24, 2.45) is 17.6 Å². The van der Waals surface area contributed by atoms with Crippen LogP contribution in [-0.2, 0) is 16.4 Å². The Bertz CT molecular complexity index is 522. The van der Waals surface area contributed by atoms with Gasteiger partial charge in [-0.05, 0) is 5.56 Å². The summed E-state index contributed by atoms with van der Waals surface area (Å²) in [4.78, 5) is 2.35. The number of sulfone groups is 1. The van der Waals surface area contributed by atoms with Crippen LogP contribution < -0.4 is 5.73 Å². The van der Waals surface area contributed by atoms with Gasteiger partial charge in [0.05, 0.1) is 11.5 Å². The maximum absolute atomic E-state index is 11.8. The summed E-state index contributed by atoms with van der Waals surface area (Å²) in [6.45, 7) is 2.48. The zero-order chi connectivity index (χ0) is 13.5. The molecule has 0 saturated carbocycles. The number of rotatable bonds is 2. The smallest absolute Gasteiger partial charge is 0.151 e. The molecule has 5 heteroatoms. The lowest BCUT2D eigenvalue weighted by Crippen LogP contribution is -2.60. The third kappa shape index (κ3) is 2.83. The summed E-state index contributed by atoms with van der Waals surface area (Å²) in [7, 11) is -2.88. The molecule has 0 aliphatic carbocycles. The lowest BCUT2D eigenvalue weighted by Gasteiger charge is -2.45. The van der Waals surface area contributed by atoms with E-state index >= 15 is 0 Å². The molecule has 2 aliphatic heterocycles. The molecule has 2 fully saturated rings. The molecule has 0 amide bonds. The highest BCUT2D eigenvalue weighted by Crippen LogP contribution is 2.30. The van der Waals surface area contributed by atoms with E-state index in [-0.39, 0.29) is 29.4 Å². The Morgan fingerprint density at radius 1 is 1.11 bits per heavy atom. The normalized spacial score (nSPS) is 34.1. The predicted octanol–water partition coefficient (Wildman–Crippen LogP) is 0.490. The molecular weight excluding hydrogens is 260 g/mol. The van der Waals surface area contributed by atoms with E-state index in [9.17, 15) is 8.42 Å². The van der Waals surface area contributed by atoms with E-state index in [0.717, 1.165) is 19.6 Å². The van der Waals surface area contributed by atoms with Crippen LogP contribution in [0.15, 0.2) is 30.3 Å². The van der Waals surface area contributed by atoms with E-state index in [1.165, 1.54) is 5.56 Å². The summed E-state index contributed by atoms with van der Waals surface area (Å²) < 4.78 is 23.6. The van der Waals surface area contributed by atoms with Crippen molar-refractivity contribution in [1.82, 2.24) is 4.90 Å². The highest BCUT2D eigenvalue weighted by molar-refractivity contribution is 7.91. The number of nitrogens with zero attached hydrogens (tertiary/aromatic N) is 1. The van der Waals surface area contributed by atoms with Crippen molar-refractivity contribution in [3.05, 3.63) is 35.9 Å². The van der Waals surface area contributed by atoms with Gasteiger partial charge in [-0.1, -0.05) is 30.3 Å². The molecule has 104 valence electrons. The summed E-state index contributed by atoms with van der Waals surface area (Å²) in [6, 6.07) is 10.4. The average molecular weight is 280 g/mol. The fourth-order valence-corrected chi connectivity index (χ4v) is 5.48. The first-order valence-electron chi connectivity index (χ1n) is 6.76. The molecule has 2 saturated heterocycles. The van der Waals surface area contributed by atoms with Crippen molar-refractivity contribution in [1.29, 1.82) is 0 Å². The van der Waals surface area contributed by atoms with Gasteiger partial charge in [-0.2, -0.15) is 0 Å². The van der Waals surface area contributed by atoms with Crippen LogP contribution in [-0.4, -0.2) is 44.0 Å². The molecule has 0 radical (unpaired) electrons. The largest absolute Gasteiger partial charge is 0.327 e. The Morgan fingerprint density at radius 2 is 1.68 bits per heavy atom. The number of likely N-dealkylation sites (tertiary alicyclic amines) is 1. The number of benzene rings is 1. The first-order chi connectivity index (χ1) is 9.03. The molecule has 4 nitrogen and oxygen atoms in total. The van der Waals surface area contributed by atoms with Gasteiger partial charge in [-0.25, -0.2) is 8.42 Å². The van der Waals surface area contributed by atoms with Gasteiger partial charge in [0.15, 0.2) is 9.84 Å². The standard InChI is InChI=1S/C14H20N2O2S/c15-14-12-7-16(6-11-4-2-1-3-5-11)8-13(14)10-19(17,18)9-12/h1-5,12-14H,6-10,15H2/t12-,13-/m0/s1. The van der Waals surface area contributed by atoms with E-state index in [1.54, 1.807) is 0 Å². The minimum Gasteiger partial charge on any atom is -0.327 e. The lowest BCUT2D eigenvalue weighted by atomic mass is 9.85. The summed E-state index contributed by atoms with van der Waals surface area (Å²) >= 11 is 0. The number of piperidine rings is 1. The topological polar surface area (TPSA) is 63.4 Å². The van der Waals surface area contributed by atoms with Crippen molar-refractivity contribution in [2.45, 2.75) is 12.6 Å². The van der Waals surface area contributed by atoms with Crippen molar-refractivity contribution < 1.29 is 8.42 Å². The summed E-state index contributed by atoms with van der Waals surface area (Å²) in [6.07, 6.45) is 0. The molecule has 2 atom stereocenters. The van der Waals surface area contributed by atoms with Gasteiger partial charge in [0.1, 0.15) is 0 Å². The number of hydrogen-bond acceptors (Lipinski definition) is 4. The van der Waals surface area contributed by atoms with Crippen LogP contribution >= 0.6 is 0 Å². The molecule has 0 spiro atoms. The molecule has 2 N–H and O–H groups in total. The van der Waals surface area contributed by atoms with Crippen LogP contribution in [0.5, 0.6) is 0 Å². The van der Waals surface area contributed by atoms with Crippen molar-refractivity contribution in [2.75, 3.05) is 24.6 Å². The minimum atomic E-state index is -2.88. The maximum atomic E-state index is 11.8. The van der Waals surface area contributed by atoms with Crippen LogP contribution in [0.25, 0.3) is 0 Å². The molecule has 19 heavy (non-hydrogen) atoms. The van der Waals surface area contributed by atoms with Gasteiger partial charge < -0.3 is 5.73 Å². The first-order valence-corrected chi connectivity index (χ1v) is 8.58. The molecular formula is C14H20N2O2S. The molecule has 0 aromatic heterocycles. The van der Waals surface area contributed by atoms with Crippen LogP contribution in [0.1, 0.15) is 5.56 Å². The van der Waals surface area contributed by atoms with E-state index < -0.39 is 9.84 Å². The third-order valence-electron chi connectivity index (χ3n) is 4.26. The van der Waals surface area contributed by atoms with Gasteiger partial charge >= 0.3 is 0 Å². The van der Waals surface area contributed by atoms with Crippen molar-refractivity contribution >= 4 is 9.84 Å². The second-order valence-corrected chi connectivity index (χ2v) is 8.01. The second-order valence-electron chi connectivity index (χ2n) is 5.85. The molecule has 1 aromatic carbocycles. The molecule has 1 aromatic rings. The number of hydrogen-bond donors (Lipinski definition) is 1. The predicted molar refractivity (Wildman–Crippen MR) is 75.3 cm³/mol. The van der Waals surface area contributed by atoms with E-state index in [1.807, 2.05) is 18.2 Å². The van der Waals surface area contributed by atoms with Crippen LogP contribution in [0.2, 0.25) is 0 Å². The molecule has 2 bridgehead atoms. The molecule has 2 aliphatic rings. The Hall–Kier alpha value is -0.910. The monoisotopic (exact) mass is 280 g/mol. The van der Waals surface area contributed by atoms with Gasteiger partial charge in [0.25, 0.3) is 0 Å². The Balaban J connectivity index is 1.72. The van der Waals surface area contributed by atoms with Crippen LogP contribution in [0.3, 0.4) is 0 Å². The highest BCUT2D eigenvalue weighted by Gasteiger charge is 2.43. The lowest BCUT2D eigenvalue weighted by molar-refractivity contribution is 0.108. The van der Waals surface area contributed by atoms with Crippen LogP contribution in [0.4, 0.5) is 0 Å². The van der Waals surface area contributed by atoms with E-state index in [4.69, 9.17) is 5.73 Å². The van der Waals surface area contributed by atoms with Gasteiger partial charge in [0, 0.05) is 37.5 Å². The molecule has 0 unspecified atom stereocenters. The first kappa shape index (κ1) is 13.1. The van der Waals surface area contributed by atoms with Gasteiger partial charge in [-0.15, -0.1) is 0 Å². The van der Waals surface area contributed by atoms with E-state index in [2.05, 4.69) is 17.0 Å². The second kappa shape index (κ2) is 4.89. The Labute approximate surface area is 114 Å². The SMILES string of the molecule is NC1[C@H]2CN(Cc3ccccc3)C[C@H]1CS(=O)(=O)C2. The van der Waals surface area contributed by atoms with Gasteiger partial charge in [0.2, 0.25) is 0 Å². The highest BCUT2D eigenvalue weighted by atomic mass is 32.2. The summed E-state index contributed by atoms with van der Waals surface area (Å²) in [5, 5.41) is 0. The Morgan fingerprint density at radius 3 is 2.26 bits per heavy atom. The summed E-state index contributed by atoms with van der Waals surface area (Å²) in [5.41, 5.74) is 7.45. The maximum Gasteiger partial charge on any atom is 0.151 e. The fraction of sp³-hybridized carbons (Fsp3) is 0.571.